The summed E-state index contributed by atoms with van der Waals surface area (Å²) in [6.07, 6.45) is 11.1. The molecule has 0 saturated heterocycles. The highest BCUT2D eigenvalue weighted by Gasteiger charge is 2.67. The summed E-state index contributed by atoms with van der Waals surface area (Å²) in [4.78, 5) is 10.4. The molecule has 6 heteroatoms. The van der Waals surface area contributed by atoms with Crippen LogP contribution in [0.1, 0.15) is 78.6 Å². The Kier molecular flexibility index (Phi) is 6.37. The minimum Gasteiger partial charge on any atom is -0.406 e. The van der Waals surface area contributed by atoms with E-state index in [0.717, 1.165) is 42.7 Å². The monoisotopic (exact) mass is 462 g/mol. The zero-order chi connectivity index (χ0) is 23.4. The van der Waals surface area contributed by atoms with Gasteiger partial charge in [0.05, 0.1) is 11.4 Å². The molecular weight excluding hydrogens is 416 g/mol. The summed E-state index contributed by atoms with van der Waals surface area (Å²) >= 11 is 0. The molecule has 0 N–H and O–H groups in total. The van der Waals surface area contributed by atoms with Gasteiger partial charge in [0.2, 0.25) is 0 Å². The van der Waals surface area contributed by atoms with Gasteiger partial charge in [0.1, 0.15) is 19.8 Å². The molecule has 182 valence electrons. The van der Waals surface area contributed by atoms with E-state index in [1.54, 1.807) is 14.2 Å². The lowest BCUT2D eigenvalue weighted by molar-refractivity contribution is -0.122. The van der Waals surface area contributed by atoms with E-state index in [0.29, 0.717) is 11.3 Å². The lowest BCUT2D eigenvalue weighted by atomic mass is 9.44. The van der Waals surface area contributed by atoms with Crippen molar-refractivity contribution in [2.45, 2.75) is 104 Å². The summed E-state index contributed by atoms with van der Waals surface area (Å²) < 4.78 is 7.12. The first kappa shape index (κ1) is 24.2. The number of oxime groups is 2. The van der Waals surface area contributed by atoms with Crippen molar-refractivity contribution < 1.29 is 14.1 Å². The predicted molar refractivity (Wildman–Crippen MR) is 133 cm³/mol. The maximum atomic E-state index is 7.12. The summed E-state index contributed by atoms with van der Waals surface area (Å²) in [5.74, 6) is 3.10. The first-order valence-corrected chi connectivity index (χ1v) is 16.3. The molecular formula is C26H46N2O3Si. The minimum atomic E-state index is -1.77. The topological polar surface area (TPSA) is 52.4 Å². The first-order chi connectivity index (χ1) is 15.0. The number of nitrogens with zero attached hydrogens (tertiary/aromatic N) is 2. The lowest BCUT2D eigenvalue weighted by Gasteiger charge is -2.62. The van der Waals surface area contributed by atoms with Crippen LogP contribution >= 0.6 is 0 Å². The number of rotatable bonds is 5. The van der Waals surface area contributed by atoms with Crippen LogP contribution in [0.25, 0.3) is 0 Å². The van der Waals surface area contributed by atoms with Crippen LogP contribution in [0.5, 0.6) is 0 Å². The van der Waals surface area contributed by atoms with Crippen molar-refractivity contribution in [1.29, 1.82) is 0 Å². The van der Waals surface area contributed by atoms with Crippen molar-refractivity contribution >= 4 is 19.7 Å². The summed E-state index contributed by atoms with van der Waals surface area (Å²) in [5.41, 5.74) is 2.65. The van der Waals surface area contributed by atoms with E-state index in [1.165, 1.54) is 44.2 Å². The fourth-order valence-corrected chi connectivity index (χ4v) is 10.4. The van der Waals surface area contributed by atoms with Crippen molar-refractivity contribution in [2.75, 3.05) is 14.2 Å². The van der Waals surface area contributed by atoms with Gasteiger partial charge in [-0.05, 0) is 113 Å². The van der Waals surface area contributed by atoms with Crippen LogP contribution in [0.3, 0.4) is 0 Å². The highest BCUT2D eigenvalue weighted by Crippen LogP contribution is 2.69. The molecule has 4 aliphatic rings. The van der Waals surface area contributed by atoms with Gasteiger partial charge in [-0.15, -0.1) is 0 Å². The van der Waals surface area contributed by atoms with Crippen molar-refractivity contribution in [1.82, 2.24) is 0 Å². The second-order valence-corrected chi connectivity index (χ2v) is 17.0. The zero-order valence-electron chi connectivity index (χ0n) is 21.8. The molecule has 0 aromatic rings. The molecule has 5 nitrogen and oxygen atoms in total. The van der Waals surface area contributed by atoms with E-state index in [1.807, 2.05) is 0 Å². The third kappa shape index (κ3) is 3.68. The summed E-state index contributed by atoms with van der Waals surface area (Å²) in [6.45, 7) is 14.3. The quantitative estimate of drug-likeness (QED) is 0.261. The molecule has 0 aliphatic heterocycles. The standard InChI is InChI=1S/C26H46N2O3Si/c1-18(27-29-4)26(31-32(6,7)8)16-13-23-21-10-9-19-17-20(28-30-5)11-14-24(19,2)22(21)12-15-25(23,26)3/h19,21-23H,9-17H2,1-8H3/b27-18-,28-20-/t19-,21-,22+,23+,24+,25+,26+/m1/s1. The summed E-state index contributed by atoms with van der Waals surface area (Å²) in [7, 11) is 1.58. The van der Waals surface area contributed by atoms with Gasteiger partial charge in [-0.2, -0.15) is 0 Å². The molecule has 4 aliphatic carbocycles. The van der Waals surface area contributed by atoms with Crippen LogP contribution in [0, 0.1) is 34.5 Å². The van der Waals surface area contributed by atoms with E-state index >= 15 is 0 Å². The second kappa shape index (κ2) is 8.40. The van der Waals surface area contributed by atoms with Crippen LogP contribution in [0.4, 0.5) is 0 Å². The van der Waals surface area contributed by atoms with Crippen molar-refractivity contribution in [2.24, 2.45) is 44.8 Å². The average molecular weight is 463 g/mol. The number of hydrogen-bond donors (Lipinski definition) is 0. The molecule has 32 heavy (non-hydrogen) atoms. The van der Waals surface area contributed by atoms with E-state index in [2.05, 4.69) is 50.7 Å². The van der Waals surface area contributed by atoms with E-state index in [9.17, 15) is 0 Å². The molecule has 4 fully saturated rings. The number of fused-ring (bicyclic) bond motifs is 5. The molecule has 0 amide bonds. The zero-order valence-corrected chi connectivity index (χ0v) is 22.8. The Morgan fingerprint density at radius 3 is 2.31 bits per heavy atom. The van der Waals surface area contributed by atoms with Crippen LogP contribution in [-0.4, -0.2) is 39.6 Å². The van der Waals surface area contributed by atoms with Crippen LogP contribution < -0.4 is 0 Å². The molecule has 4 saturated carbocycles. The Morgan fingerprint density at radius 1 is 0.938 bits per heavy atom. The molecule has 0 unspecified atom stereocenters. The summed E-state index contributed by atoms with van der Waals surface area (Å²) in [6, 6.07) is 0. The van der Waals surface area contributed by atoms with E-state index < -0.39 is 8.32 Å². The maximum absolute atomic E-state index is 7.12. The fraction of sp³-hybridized carbons (Fsp3) is 0.923. The Bertz CT molecular complexity index is 778. The van der Waals surface area contributed by atoms with Crippen LogP contribution in [-0.2, 0) is 14.1 Å². The van der Waals surface area contributed by atoms with Gasteiger partial charge in [0.15, 0.2) is 8.32 Å². The van der Waals surface area contributed by atoms with E-state index in [-0.39, 0.29) is 11.0 Å². The van der Waals surface area contributed by atoms with Gasteiger partial charge in [-0.25, -0.2) is 0 Å². The van der Waals surface area contributed by atoms with Gasteiger partial charge >= 0.3 is 0 Å². The Hall–Kier alpha value is -0.883. The normalized spacial score (nSPS) is 45.8. The fourth-order valence-electron chi connectivity index (χ4n) is 8.84. The summed E-state index contributed by atoms with van der Waals surface area (Å²) in [5, 5.41) is 8.84. The molecule has 7 atom stereocenters. The molecule has 0 aromatic carbocycles. The molecule has 0 bridgehead atoms. The van der Waals surface area contributed by atoms with Gasteiger partial charge in [0.25, 0.3) is 0 Å². The predicted octanol–water partition coefficient (Wildman–Crippen LogP) is 6.64. The highest BCUT2D eigenvalue weighted by molar-refractivity contribution is 6.70. The van der Waals surface area contributed by atoms with Crippen molar-refractivity contribution in [3.8, 4) is 0 Å². The molecule has 4 rings (SSSR count). The third-order valence-corrected chi connectivity index (χ3v) is 11.1. The Morgan fingerprint density at radius 2 is 1.66 bits per heavy atom. The Labute approximate surface area is 196 Å². The maximum Gasteiger partial charge on any atom is 0.185 e. The average Bonchev–Trinajstić information content (AvgIpc) is 3.00. The van der Waals surface area contributed by atoms with Gasteiger partial charge in [0, 0.05) is 5.41 Å². The van der Waals surface area contributed by atoms with Crippen molar-refractivity contribution in [3.63, 3.8) is 0 Å². The smallest absolute Gasteiger partial charge is 0.185 e. The van der Waals surface area contributed by atoms with E-state index in [4.69, 9.17) is 14.1 Å². The van der Waals surface area contributed by atoms with Crippen LogP contribution in [0.2, 0.25) is 19.6 Å². The van der Waals surface area contributed by atoms with Crippen LogP contribution in [0.15, 0.2) is 10.3 Å². The van der Waals surface area contributed by atoms with Gasteiger partial charge < -0.3 is 14.1 Å². The lowest BCUT2D eigenvalue weighted by Crippen LogP contribution is -2.61. The highest BCUT2D eigenvalue weighted by atomic mass is 28.4. The number of hydrogen-bond acceptors (Lipinski definition) is 5. The molecule has 0 aromatic heterocycles. The van der Waals surface area contributed by atoms with Crippen molar-refractivity contribution in [3.05, 3.63) is 0 Å². The third-order valence-electron chi connectivity index (χ3n) is 10.1. The molecule has 0 heterocycles. The molecule has 0 spiro atoms. The van der Waals surface area contributed by atoms with Gasteiger partial charge in [-0.3, -0.25) is 0 Å². The van der Waals surface area contributed by atoms with Gasteiger partial charge in [-0.1, -0.05) is 24.2 Å². The SMILES string of the molecule is CO/N=C1/CC[C@@]2(C)[C@H](CC[C@@H]3[C@@H]2CC[C@@]2(C)[C@H]3CC[C@]2(O[Si](C)(C)C)/C(C)=N\OC)C1. The largest absolute Gasteiger partial charge is 0.406 e. The first-order valence-electron chi connectivity index (χ1n) is 12.9. The minimum absolute atomic E-state index is 0.140. The second-order valence-electron chi connectivity index (χ2n) is 12.6. The Balaban J connectivity index is 1.65. The molecule has 0 radical (unpaired) electrons.